The predicted octanol–water partition coefficient (Wildman–Crippen LogP) is 4.91. The van der Waals surface area contributed by atoms with Crippen molar-refractivity contribution in [3.63, 3.8) is 0 Å². The van der Waals surface area contributed by atoms with Crippen molar-refractivity contribution in [3.8, 4) is 0 Å². The zero-order chi connectivity index (χ0) is 26.7. The van der Waals surface area contributed by atoms with Gasteiger partial charge >= 0.3 is 0 Å². The molecule has 0 bridgehead atoms. The van der Waals surface area contributed by atoms with Gasteiger partial charge in [-0.15, -0.1) is 0 Å². The van der Waals surface area contributed by atoms with Crippen molar-refractivity contribution in [1.29, 1.82) is 0 Å². The van der Waals surface area contributed by atoms with E-state index < -0.39 is 35.3 Å². The molecule has 2 fully saturated rings. The van der Waals surface area contributed by atoms with Gasteiger partial charge in [-0.3, -0.25) is 9.59 Å². The minimum atomic E-state index is -1.16. The Balaban J connectivity index is 1.68. The summed E-state index contributed by atoms with van der Waals surface area (Å²) in [6, 6.07) is 8.37. The summed E-state index contributed by atoms with van der Waals surface area (Å²) in [5.74, 6) is -1.73. The number of nitrogens with one attached hydrogen (secondary N) is 3. The molecule has 2 amide bonds. The Morgan fingerprint density at radius 1 is 1.19 bits per heavy atom. The molecule has 0 unspecified atom stereocenters. The number of fused-ring (bicyclic) bond motifs is 2. The van der Waals surface area contributed by atoms with Crippen LogP contribution in [-0.2, 0) is 15.0 Å². The SMILES string of the molecule is CC(C)(C)C[C@H]1N[C@@H](C(=O)N[C@H]2CC[C@@H](O)C2)[C@H](c2ccc(F)c(Cl)c2)[C@@]12C(=O)Nc1cc(Cl)ccc12. The third-order valence-electron chi connectivity index (χ3n) is 7.96. The van der Waals surface area contributed by atoms with E-state index >= 15 is 0 Å². The van der Waals surface area contributed by atoms with E-state index in [0.717, 1.165) is 5.56 Å². The average Bonchev–Trinajstić information content (AvgIpc) is 3.44. The first kappa shape index (κ1) is 26.4. The van der Waals surface area contributed by atoms with Crippen LogP contribution in [0.1, 0.15) is 63.5 Å². The second-order valence-corrected chi connectivity index (χ2v) is 12.6. The number of rotatable bonds is 4. The van der Waals surface area contributed by atoms with Crippen LogP contribution in [0.5, 0.6) is 0 Å². The lowest BCUT2D eigenvalue weighted by atomic mass is 9.62. The largest absolute Gasteiger partial charge is 0.393 e. The van der Waals surface area contributed by atoms with E-state index in [4.69, 9.17) is 23.2 Å². The molecule has 1 aliphatic carbocycles. The summed E-state index contributed by atoms with van der Waals surface area (Å²) in [5.41, 5.74) is 0.620. The van der Waals surface area contributed by atoms with Crippen LogP contribution in [0.2, 0.25) is 10.0 Å². The first-order valence-corrected chi connectivity index (χ1v) is 13.5. The molecule has 2 aromatic rings. The van der Waals surface area contributed by atoms with Crippen molar-refractivity contribution >= 4 is 40.7 Å². The number of aliphatic hydroxyl groups is 1. The molecule has 6 atom stereocenters. The van der Waals surface area contributed by atoms with Gasteiger partial charge in [0.15, 0.2) is 0 Å². The molecule has 2 aliphatic heterocycles. The van der Waals surface area contributed by atoms with Gasteiger partial charge in [-0.05, 0) is 66.5 Å². The third-order valence-corrected chi connectivity index (χ3v) is 8.48. The number of amides is 2. The number of anilines is 1. The molecule has 3 aliphatic rings. The number of carbonyl (C=O) groups is 2. The van der Waals surface area contributed by atoms with Gasteiger partial charge in [0.05, 0.1) is 17.2 Å². The first-order chi connectivity index (χ1) is 17.4. The summed E-state index contributed by atoms with van der Waals surface area (Å²) in [4.78, 5) is 27.9. The van der Waals surface area contributed by atoms with Crippen molar-refractivity contribution < 1.29 is 19.1 Å². The number of benzene rings is 2. The monoisotopic (exact) mass is 547 g/mol. The van der Waals surface area contributed by atoms with E-state index in [1.165, 1.54) is 12.1 Å². The van der Waals surface area contributed by atoms with Crippen molar-refractivity contribution in [2.75, 3.05) is 5.32 Å². The molecule has 198 valence electrons. The fourth-order valence-electron chi connectivity index (χ4n) is 6.51. The van der Waals surface area contributed by atoms with E-state index in [-0.39, 0.29) is 28.3 Å². The fourth-order valence-corrected chi connectivity index (χ4v) is 6.87. The van der Waals surface area contributed by atoms with Crippen LogP contribution in [0.3, 0.4) is 0 Å². The van der Waals surface area contributed by atoms with Gasteiger partial charge in [0.1, 0.15) is 11.2 Å². The smallest absolute Gasteiger partial charge is 0.238 e. The zero-order valence-electron chi connectivity index (χ0n) is 21.1. The number of carbonyl (C=O) groups excluding carboxylic acids is 2. The Kier molecular flexibility index (Phi) is 6.80. The normalized spacial score (nSPS) is 31.0. The van der Waals surface area contributed by atoms with Crippen molar-refractivity contribution in [2.45, 2.75) is 82.0 Å². The van der Waals surface area contributed by atoms with E-state index in [9.17, 15) is 19.1 Å². The highest BCUT2D eigenvalue weighted by Gasteiger charge is 2.65. The molecule has 2 heterocycles. The molecular formula is C28H32Cl2FN3O3. The van der Waals surface area contributed by atoms with Crippen LogP contribution in [0.25, 0.3) is 0 Å². The summed E-state index contributed by atoms with van der Waals surface area (Å²) < 4.78 is 14.2. The quantitative estimate of drug-likeness (QED) is 0.437. The Morgan fingerprint density at radius 3 is 2.59 bits per heavy atom. The molecular weight excluding hydrogens is 516 g/mol. The van der Waals surface area contributed by atoms with Crippen molar-refractivity contribution in [2.24, 2.45) is 5.41 Å². The lowest BCUT2D eigenvalue weighted by Crippen LogP contribution is -2.49. The van der Waals surface area contributed by atoms with Crippen LogP contribution in [0, 0.1) is 11.2 Å². The summed E-state index contributed by atoms with van der Waals surface area (Å²) in [7, 11) is 0. The predicted molar refractivity (Wildman–Crippen MR) is 142 cm³/mol. The highest BCUT2D eigenvalue weighted by Crippen LogP contribution is 2.56. The summed E-state index contributed by atoms with van der Waals surface area (Å²) in [6.07, 6.45) is 1.97. The molecule has 37 heavy (non-hydrogen) atoms. The zero-order valence-corrected chi connectivity index (χ0v) is 22.6. The van der Waals surface area contributed by atoms with Gasteiger partial charge < -0.3 is 21.1 Å². The molecule has 1 saturated carbocycles. The highest BCUT2D eigenvalue weighted by atomic mass is 35.5. The Bertz CT molecular complexity index is 1250. The number of aliphatic hydroxyl groups excluding tert-OH is 1. The van der Waals surface area contributed by atoms with E-state index in [0.29, 0.717) is 42.0 Å². The van der Waals surface area contributed by atoms with Crippen LogP contribution in [0.4, 0.5) is 10.1 Å². The summed E-state index contributed by atoms with van der Waals surface area (Å²) >= 11 is 12.5. The minimum Gasteiger partial charge on any atom is -0.393 e. The lowest BCUT2D eigenvalue weighted by molar-refractivity contribution is -0.124. The molecule has 0 radical (unpaired) electrons. The van der Waals surface area contributed by atoms with E-state index in [2.05, 4.69) is 36.7 Å². The second kappa shape index (κ2) is 9.53. The number of hydrogen-bond acceptors (Lipinski definition) is 4. The maximum absolute atomic E-state index is 14.2. The van der Waals surface area contributed by atoms with Gasteiger partial charge in [-0.2, -0.15) is 0 Å². The lowest BCUT2D eigenvalue weighted by Gasteiger charge is -2.37. The van der Waals surface area contributed by atoms with Crippen LogP contribution in [0.15, 0.2) is 36.4 Å². The number of halogens is 3. The van der Waals surface area contributed by atoms with E-state index in [1.807, 2.05) is 6.07 Å². The Morgan fingerprint density at radius 2 is 1.95 bits per heavy atom. The van der Waals surface area contributed by atoms with Crippen molar-refractivity contribution in [1.82, 2.24) is 10.6 Å². The average molecular weight is 548 g/mol. The minimum absolute atomic E-state index is 0.0697. The topological polar surface area (TPSA) is 90.5 Å². The molecule has 2 aromatic carbocycles. The second-order valence-electron chi connectivity index (χ2n) is 11.8. The maximum atomic E-state index is 14.2. The van der Waals surface area contributed by atoms with Gasteiger partial charge in [-0.25, -0.2) is 4.39 Å². The van der Waals surface area contributed by atoms with Crippen LogP contribution in [-0.4, -0.2) is 41.2 Å². The first-order valence-electron chi connectivity index (χ1n) is 12.7. The fraction of sp³-hybridized carbons (Fsp3) is 0.500. The summed E-state index contributed by atoms with van der Waals surface area (Å²) in [5, 5.41) is 20.0. The van der Waals surface area contributed by atoms with Gasteiger partial charge in [0.2, 0.25) is 11.8 Å². The van der Waals surface area contributed by atoms with Crippen LogP contribution < -0.4 is 16.0 Å². The molecule has 9 heteroatoms. The third kappa shape index (κ3) is 4.65. The Labute approximate surface area is 226 Å². The maximum Gasteiger partial charge on any atom is 0.238 e. The van der Waals surface area contributed by atoms with Crippen LogP contribution >= 0.6 is 23.2 Å². The summed E-state index contributed by atoms with van der Waals surface area (Å²) in [6.45, 7) is 6.28. The molecule has 1 saturated heterocycles. The van der Waals surface area contributed by atoms with Gasteiger partial charge in [0, 0.05) is 28.7 Å². The standard InChI is InChI=1S/C28H32Cl2FN3O3/c1-27(2,3)13-22-28(18-8-5-15(29)11-21(18)33-26(28)37)23(14-4-9-20(31)19(30)10-14)24(34-22)25(36)32-16-6-7-17(35)12-16/h4-5,8-11,16-17,22-24,34-35H,6-7,12-13H2,1-3H3,(H,32,36)(H,33,37)/t16-,17+,22+,23-,24+,28-/m0/s1. The van der Waals surface area contributed by atoms with E-state index in [1.54, 1.807) is 18.2 Å². The molecule has 4 N–H and O–H groups in total. The Hall–Kier alpha value is -2.19. The van der Waals surface area contributed by atoms with Gasteiger partial charge in [0.25, 0.3) is 0 Å². The molecule has 1 spiro atoms. The molecule has 6 nitrogen and oxygen atoms in total. The highest BCUT2D eigenvalue weighted by molar-refractivity contribution is 6.31. The van der Waals surface area contributed by atoms with Crippen molar-refractivity contribution in [3.05, 3.63) is 63.4 Å². The molecule has 5 rings (SSSR count). The number of hydrogen-bond donors (Lipinski definition) is 4. The molecule has 0 aromatic heterocycles. The van der Waals surface area contributed by atoms with Gasteiger partial charge in [-0.1, -0.05) is 56.1 Å².